The van der Waals surface area contributed by atoms with Gasteiger partial charge in [-0.25, -0.2) is 13.2 Å². The molecule has 24 heavy (non-hydrogen) atoms. The van der Waals surface area contributed by atoms with E-state index in [4.69, 9.17) is 0 Å². The number of hydrogen-bond acceptors (Lipinski definition) is 2. The van der Waals surface area contributed by atoms with Gasteiger partial charge in [-0.3, -0.25) is 4.90 Å². The van der Waals surface area contributed by atoms with Gasteiger partial charge in [0.15, 0.2) is 11.6 Å². The van der Waals surface area contributed by atoms with Crippen LogP contribution in [0.5, 0.6) is 0 Å². The second kappa shape index (κ2) is 9.70. The second-order valence-corrected chi connectivity index (χ2v) is 5.21. The largest absolute Gasteiger partial charge is 0.389 e. The van der Waals surface area contributed by atoms with Gasteiger partial charge in [-0.2, -0.15) is 13.2 Å². The molecule has 1 saturated heterocycles. The molecule has 1 fully saturated rings. The van der Waals surface area contributed by atoms with Gasteiger partial charge in [-0.05, 0) is 18.6 Å². The van der Waals surface area contributed by atoms with Gasteiger partial charge in [0.1, 0.15) is 5.82 Å². The summed E-state index contributed by atoms with van der Waals surface area (Å²) < 4.78 is 78.7. The smallest absolute Gasteiger partial charge is 0.314 e. The summed E-state index contributed by atoms with van der Waals surface area (Å²) in [5, 5.41) is 3.01. The van der Waals surface area contributed by atoms with Crippen molar-refractivity contribution in [2.45, 2.75) is 25.1 Å². The highest BCUT2D eigenvalue weighted by atomic mass is 35.5. The Bertz CT molecular complexity index is 521. The van der Waals surface area contributed by atoms with Crippen LogP contribution in [-0.4, -0.2) is 37.3 Å². The molecular weight excluding hydrogens is 381 g/mol. The number of nitrogens with one attached hydrogen (secondary N) is 1. The summed E-state index contributed by atoms with van der Waals surface area (Å²) in [7, 11) is 0. The molecule has 0 spiro atoms. The van der Waals surface area contributed by atoms with Crippen molar-refractivity contribution >= 4 is 24.8 Å². The maximum atomic E-state index is 13.9. The molecule has 1 aromatic carbocycles. The third-order valence-corrected chi connectivity index (χ3v) is 3.71. The van der Waals surface area contributed by atoms with E-state index in [-0.39, 0.29) is 24.8 Å². The number of rotatable bonds is 4. The minimum absolute atomic E-state index is 0. The standard InChI is InChI=1S/C14H16F6N2.2ClH/c15-9-1-2-10(16)13(17)12(9)11(3-4-14(18,19)20)22-7-5-21-6-8-22;;/h1-2,11,21H,3-8H2;2*1H/t11-;;/m1../s1. The molecule has 0 amide bonds. The highest BCUT2D eigenvalue weighted by Crippen LogP contribution is 2.34. The SMILES string of the molecule is Cl.Cl.Fc1ccc(F)c([C@@H](CCC(F)(F)F)N2CCNCC2)c1F. The fraction of sp³-hybridized carbons (Fsp3) is 0.571. The van der Waals surface area contributed by atoms with E-state index in [2.05, 4.69) is 5.32 Å². The van der Waals surface area contributed by atoms with Crippen molar-refractivity contribution < 1.29 is 26.3 Å². The molecule has 1 heterocycles. The van der Waals surface area contributed by atoms with Crippen LogP contribution >= 0.6 is 24.8 Å². The first-order chi connectivity index (χ1) is 10.3. The number of alkyl halides is 3. The van der Waals surface area contributed by atoms with Gasteiger partial charge < -0.3 is 5.32 Å². The quantitative estimate of drug-likeness (QED) is 0.602. The second-order valence-electron chi connectivity index (χ2n) is 5.21. The predicted octanol–water partition coefficient (Wildman–Crippen LogP) is 4.24. The summed E-state index contributed by atoms with van der Waals surface area (Å²) in [5.41, 5.74) is -0.619. The summed E-state index contributed by atoms with van der Waals surface area (Å²) in [4.78, 5) is 1.56. The molecule has 0 unspecified atom stereocenters. The Morgan fingerprint density at radius 3 is 2.08 bits per heavy atom. The van der Waals surface area contributed by atoms with Crippen LogP contribution in [0.1, 0.15) is 24.4 Å². The van der Waals surface area contributed by atoms with E-state index in [1.165, 1.54) is 0 Å². The van der Waals surface area contributed by atoms with Crippen molar-refractivity contribution in [2.24, 2.45) is 0 Å². The molecule has 1 aliphatic rings. The normalized spacial score (nSPS) is 16.9. The van der Waals surface area contributed by atoms with Crippen LogP contribution in [0.25, 0.3) is 0 Å². The van der Waals surface area contributed by atoms with Gasteiger partial charge in [-0.15, -0.1) is 24.8 Å². The first kappa shape index (κ1) is 23.3. The minimum atomic E-state index is -4.44. The molecule has 0 aliphatic carbocycles. The van der Waals surface area contributed by atoms with Crippen LogP contribution in [0, 0.1) is 17.5 Å². The molecule has 2 nitrogen and oxygen atoms in total. The van der Waals surface area contributed by atoms with Crippen molar-refractivity contribution in [1.82, 2.24) is 10.2 Å². The van der Waals surface area contributed by atoms with E-state index in [9.17, 15) is 26.3 Å². The lowest BCUT2D eigenvalue weighted by Gasteiger charge is -2.35. The Morgan fingerprint density at radius 2 is 1.54 bits per heavy atom. The molecular formula is C14H18Cl2F6N2. The first-order valence-electron chi connectivity index (χ1n) is 6.94. The number of piperazine rings is 1. The third-order valence-electron chi connectivity index (χ3n) is 3.71. The highest BCUT2D eigenvalue weighted by molar-refractivity contribution is 5.85. The lowest BCUT2D eigenvalue weighted by Crippen LogP contribution is -2.45. The monoisotopic (exact) mass is 398 g/mol. The van der Waals surface area contributed by atoms with Gasteiger partial charge in [0.25, 0.3) is 0 Å². The summed E-state index contributed by atoms with van der Waals surface area (Å²) in [6.45, 7) is 1.69. The molecule has 140 valence electrons. The zero-order valence-corrected chi connectivity index (χ0v) is 14.1. The summed E-state index contributed by atoms with van der Waals surface area (Å²) in [5.74, 6) is -3.70. The van der Waals surface area contributed by atoms with E-state index in [1.54, 1.807) is 4.90 Å². The number of benzene rings is 1. The Hall–Kier alpha value is -0.700. The average molecular weight is 399 g/mol. The molecule has 0 radical (unpaired) electrons. The van der Waals surface area contributed by atoms with E-state index >= 15 is 0 Å². The molecule has 0 bridgehead atoms. The summed E-state index contributed by atoms with van der Waals surface area (Å²) in [6, 6.07) is 0.239. The molecule has 1 aromatic rings. The average Bonchev–Trinajstić information content (AvgIpc) is 2.46. The zero-order chi connectivity index (χ0) is 16.3. The van der Waals surface area contributed by atoms with Crippen molar-refractivity contribution in [1.29, 1.82) is 0 Å². The Balaban J connectivity index is 0.00000264. The number of halogens is 8. The van der Waals surface area contributed by atoms with E-state index in [0.717, 1.165) is 6.07 Å². The van der Waals surface area contributed by atoms with Crippen LogP contribution in [0.15, 0.2) is 12.1 Å². The van der Waals surface area contributed by atoms with Crippen molar-refractivity contribution in [3.8, 4) is 0 Å². The van der Waals surface area contributed by atoms with Crippen LogP contribution in [0.3, 0.4) is 0 Å². The fourth-order valence-electron chi connectivity index (χ4n) is 2.65. The summed E-state index contributed by atoms with van der Waals surface area (Å²) in [6.07, 6.45) is -6.13. The van der Waals surface area contributed by atoms with E-state index < -0.39 is 48.1 Å². The first-order valence-corrected chi connectivity index (χ1v) is 6.94. The van der Waals surface area contributed by atoms with Gasteiger partial charge in [0, 0.05) is 44.2 Å². The van der Waals surface area contributed by atoms with Crippen molar-refractivity contribution in [2.75, 3.05) is 26.2 Å². The van der Waals surface area contributed by atoms with Crippen LogP contribution < -0.4 is 5.32 Å². The highest BCUT2D eigenvalue weighted by Gasteiger charge is 2.34. The van der Waals surface area contributed by atoms with E-state index in [0.29, 0.717) is 32.2 Å². The lowest BCUT2D eigenvalue weighted by atomic mass is 9.98. The molecule has 2 rings (SSSR count). The van der Waals surface area contributed by atoms with Crippen LogP contribution in [-0.2, 0) is 0 Å². The topological polar surface area (TPSA) is 15.3 Å². The van der Waals surface area contributed by atoms with Crippen LogP contribution in [0.2, 0.25) is 0 Å². The van der Waals surface area contributed by atoms with Gasteiger partial charge >= 0.3 is 6.18 Å². The van der Waals surface area contributed by atoms with Crippen LogP contribution in [0.4, 0.5) is 26.3 Å². The van der Waals surface area contributed by atoms with Gasteiger partial charge in [-0.1, -0.05) is 0 Å². The minimum Gasteiger partial charge on any atom is -0.314 e. The Kier molecular flexibility index (Phi) is 9.41. The molecule has 0 aromatic heterocycles. The lowest BCUT2D eigenvalue weighted by molar-refractivity contribution is -0.138. The Labute approximate surface area is 148 Å². The molecule has 1 N–H and O–H groups in total. The summed E-state index contributed by atoms with van der Waals surface area (Å²) >= 11 is 0. The van der Waals surface area contributed by atoms with Gasteiger partial charge in [0.2, 0.25) is 0 Å². The van der Waals surface area contributed by atoms with Gasteiger partial charge in [0.05, 0.1) is 0 Å². The molecule has 1 aliphatic heterocycles. The van der Waals surface area contributed by atoms with Crippen molar-refractivity contribution in [3.63, 3.8) is 0 Å². The Morgan fingerprint density at radius 1 is 1.00 bits per heavy atom. The molecule has 1 atom stereocenters. The molecule has 10 heteroatoms. The molecule has 0 saturated carbocycles. The van der Waals surface area contributed by atoms with Crippen molar-refractivity contribution in [3.05, 3.63) is 35.1 Å². The third kappa shape index (κ3) is 5.98. The maximum Gasteiger partial charge on any atom is 0.389 e. The zero-order valence-electron chi connectivity index (χ0n) is 12.5. The number of hydrogen-bond donors (Lipinski definition) is 1. The fourth-order valence-corrected chi connectivity index (χ4v) is 2.65. The maximum absolute atomic E-state index is 13.9. The van der Waals surface area contributed by atoms with E-state index in [1.807, 2.05) is 0 Å². The predicted molar refractivity (Wildman–Crippen MR) is 83.3 cm³/mol. The number of nitrogens with zero attached hydrogens (tertiary/aromatic N) is 1.